The van der Waals surface area contributed by atoms with Crippen molar-refractivity contribution in [1.29, 1.82) is 0 Å². The Labute approximate surface area is 110 Å². The van der Waals surface area contributed by atoms with E-state index in [0.717, 1.165) is 6.42 Å². The molecule has 2 rings (SSSR count). The molecular weight excluding hydrogens is 247 g/mol. The molecule has 1 unspecified atom stereocenters. The van der Waals surface area contributed by atoms with Crippen LogP contribution in [0.15, 0.2) is 18.2 Å². The number of aliphatic hydroxyl groups excluding tert-OH is 1. The van der Waals surface area contributed by atoms with Crippen LogP contribution in [-0.4, -0.2) is 27.7 Å². The summed E-state index contributed by atoms with van der Waals surface area (Å²) in [5, 5.41) is 12.9. The van der Waals surface area contributed by atoms with E-state index in [2.05, 4.69) is 15.3 Å². The van der Waals surface area contributed by atoms with Crippen LogP contribution in [0.2, 0.25) is 0 Å². The second-order valence-corrected chi connectivity index (χ2v) is 4.39. The van der Waals surface area contributed by atoms with Crippen molar-refractivity contribution in [3.8, 4) is 0 Å². The van der Waals surface area contributed by atoms with E-state index in [4.69, 9.17) is 5.73 Å². The van der Waals surface area contributed by atoms with E-state index < -0.39 is 11.9 Å². The quantitative estimate of drug-likeness (QED) is 0.768. The Bertz CT molecular complexity index is 576. The van der Waals surface area contributed by atoms with E-state index in [9.17, 15) is 9.50 Å². The number of anilines is 2. The van der Waals surface area contributed by atoms with Gasteiger partial charge in [-0.1, -0.05) is 19.4 Å². The first-order chi connectivity index (χ1) is 9.11. The van der Waals surface area contributed by atoms with Crippen molar-refractivity contribution in [1.82, 2.24) is 9.97 Å². The van der Waals surface area contributed by atoms with Crippen molar-refractivity contribution < 1.29 is 9.50 Å². The Hall–Kier alpha value is -1.95. The number of halogens is 1. The van der Waals surface area contributed by atoms with Crippen molar-refractivity contribution in [3.05, 3.63) is 24.0 Å². The lowest BCUT2D eigenvalue weighted by Crippen LogP contribution is -2.20. The number of hydrogen-bond donors (Lipinski definition) is 3. The summed E-state index contributed by atoms with van der Waals surface area (Å²) < 4.78 is 13.8. The van der Waals surface area contributed by atoms with Crippen molar-refractivity contribution in [3.63, 3.8) is 0 Å². The molecule has 4 N–H and O–H groups in total. The molecule has 0 saturated heterocycles. The zero-order valence-corrected chi connectivity index (χ0v) is 10.7. The molecule has 102 valence electrons. The average molecular weight is 264 g/mol. The molecule has 0 amide bonds. The number of nitrogen functional groups attached to an aromatic ring is 1. The largest absolute Gasteiger partial charge is 0.391 e. The molecule has 0 bridgehead atoms. The molecule has 0 aliphatic carbocycles. The molecule has 1 heterocycles. The van der Waals surface area contributed by atoms with Crippen LogP contribution in [0.25, 0.3) is 10.9 Å². The number of nitrogens with zero attached hydrogens (tertiary/aromatic N) is 2. The van der Waals surface area contributed by atoms with Crippen molar-refractivity contribution in [2.45, 2.75) is 25.9 Å². The standard InChI is InChI=1S/C13H17FN4O/c1-2-4-8(19)7-16-12-11-9(14)5-3-6-10(11)17-13(15)18-12/h3,5-6,8,19H,2,4,7H2,1H3,(H3,15,16,17,18). The third kappa shape index (κ3) is 3.08. The highest BCUT2D eigenvalue weighted by Crippen LogP contribution is 2.24. The van der Waals surface area contributed by atoms with Crippen molar-refractivity contribution in [2.75, 3.05) is 17.6 Å². The first-order valence-electron chi connectivity index (χ1n) is 6.25. The number of aromatic nitrogens is 2. The monoisotopic (exact) mass is 264 g/mol. The molecule has 1 atom stereocenters. The van der Waals surface area contributed by atoms with Crippen LogP contribution < -0.4 is 11.1 Å². The minimum Gasteiger partial charge on any atom is -0.391 e. The molecule has 0 radical (unpaired) electrons. The first kappa shape index (κ1) is 13.5. The SMILES string of the molecule is CCCC(O)CNc1nc(N)nc2cccc(F)c12. The summed E-state index contributed by atoms with van der Waals surface area (Å²) in [6.07, 6.45) is 1.06. The van der Waals surface area contributed by atoms with E-state index in [1.165, 1.54) is 6.07 Å². The van der Waals surface area contributed by atoms with Gasteiger partial charge in [0.2, 0.25) is 5.95 Å². The normalized spacial score (nSPS) is 12.6. The fraction of sp³-hybridized carbons (Fsp3) is 0.385. The molecule has 1 aromatic heterocycles. The predicted molar refractivity (Wildman–Crippen MR) is 73.3 cm³/mol. The van der Waals surface area contributed by atoms with Gasteiger partial charge in [-0.2, -0.15) is 4.98 Å². The molecule has 6 heteroatoms. The Morgan fingerprint density at radius 2 is 2.21 bits per heavy atom. The van der Waals surface area contributed by atoms with E-state index in [1.54, 1.807) is 12.1 Å². The minimum atomic E-state index is -0.497. The van der Waals surface area contributed by atoms with Crippen LogP contribution in [-0.2, 0) is 0 Å². The third-order valence-corrected chi connectivity index (χ3v) is 2.82. The fourth-order valence-corrected chi connectivity index (χ4v) is 1.94. The van der Waals surface area contributed by atoms with Crippen LogP contribution in [0.3, 0.4) is 0 Å². The van der Waals surface area contributed by atoms with Gasteiger partial charge in [0.05, 0.1) is 17.0 Å². The van der Waals surface area contributed by atoms with Crippen LogP contribution in [0, 0.1) is 5.82 Å². The van der Waals surface area contributed by atoms with Crippen LogP contribution in [0.1, 0.15) is 19.8 Å². The molecule has 0 aliphatic heterocycles. The van der Waals surface area contributed by atoms with Crippen LogP contribution in [0.4, 0.5) is 16.2 Å². The molecule has 5 nitrogen and oxygen atoms in total. The van der Waals surface area contributed by atoms with Gasteiger partial charge in [0.1, 0.15) is 11.6 Å². The third-order valence-electron chi connectivity index (χ3n) is 2.82. The molecule has 19 heavy (non-hydrogen) atoms. The Kier molecular flexibility index (Phi) is 4.11. The second kappa shape index (κ2) is 5.79. The maximum Gasteiger partial charge on any atom is 0.222 e. The maximum atomic E-state index is 13.8. The topological polar surface area (TPSA) is 84.1 Å². The Balaban J connectivity index is 2.31. The summed E-state index contributed by atoms with van der Waals surface area (Å²) in [6.45, 7) is 2.29. The highest BCUT2D eigenvalue weighted by Gasteiger charge is 2.11. The first-order valence-corrected chi connectivity index (χ1v) is 6.25. The lowest BCUT2D eigenvalue weighted by atomic mass is 10.2. The summed E-state index contributed by atoms with van der Waals surface area (Å²) in [6, 6.07) is 4.58. The summed E-state index contributed by atoms with van der Waals surface area (Å²) in [5.74, 6) is -0.0219. The Morgan fingerprint density at radius 1 is 1.42 bits per heavy atom. The van der Waals surface area contributed by atoms with E-state index in [0.29, 0.717) is 29.7 Å². The molecule has 2 aromatic rings. The minimum absolute atomic E-state index is 0.0746. The van der Waals surface area contributed by atoms with E-state index >= 15 is 0 Å². The van der Waals surface area contributed by atoms with Gasteiger partial charge in [-0.15, -0.1) is 0 Å². The van der Waals surface area contributed by atoms with E-state index in [-0.39, 0.29) is 5.95 Å². The molecule has 0 aliphatic rings. The van der Waals surface area contributed by atoms with E-state index in [1.807, 2.05) is 6.92 Å². The number of fused-ring (bicyclic) bond motifs is 1. The van der Waals surface area contributed by atoms with Gasteiger partial charge in [-0.3, -0.25) is 0 Å². The van der Waals surface area contributed by atoms with Crippen LogP contribution >= 0.6 is 0 Å². The van der Waals surface area contributed by atoms with Gasteiger partial charge >= 0.3 is 0 Å². The smallest absolute Gasteiger partial charge is 0.222 e. The molecule has 0 fully saturated rings. The average Bonchev–Trinajstić information content (AvgIpc) is 2.36. The number of benzene rings is 1. The van der Waals surface area contributed by atoms with Gasteiger partial charge in [-0.05, 0) is 18.6 Å². The lowest BCUT2D eigenvalue weighted by Gasteiger charge is -2.13. The van der Waals surface area contributed by atoms with Crippen molar-refractivity contribution in [2.24, 2.45) is 0 Å². The zero-order valence-electron chi connectivity index (χ0n) is 10.7. The van der Waals surface area contributed by atoms with Gasteiger partial charge in [0.25, 0.3) is 0 Å². The highest BCUT2D eigenvalue weighted by atomic mass is 19.1. The van der Waals surface area contributed by atoms with Gasteiger partial charge in [0, 0.05) is 6.54 Å². The number of nitrogens with two attached hydrogens (primary N) is 1. The second-order valence-electron chi connectivity index (χ2n) is 4.39. The van der Waals surface area contributed by atoms with Gasteiger partial charge in [0.15, 0.2) is 0 Å². The summed E-state index contributed by atoms with van der Waals surface area (Å²) in [5.41, 5.74) is 6.04. The van der Waals surface area contributed by atoms with Gasteiger partial charge < -0.3 is 16.2 Å². The summed E-state index contributed by atoms with van der Waals surface area (Å²) in [4.78, 5) is 7.98. The van der Waals surface area contributed by atoms with Crippen molar-refractivity contribution >= 4 is 22.7 Å². The maximum absolute atomic E-state index is 13.8. The molecular formula is C13H17FN4O. The zero-order chi connectivity index (χ0) is 13.8. The number of aliphatic hydroxyl groups is 1. The Morgan fingerprint density at radius 3 is 2.95 bits per heavy atom. The molecule has 0 spiro atoms. The lowest BCUT2D eigenvalue weighted by molar-refractivity contribution is 0.176. The predicted octanol–water partition coefficient (Wildman–Crippen LogP) is 1.92. The number of rotatable bonds is 5. The molecule has 0 saturated carbocycles. The summed E-state index contributed by atoms with van der Waals surface area (Å²) in [7, 11) is 0. The fourth-order valence-electron chi connectivity index (χ4n) is 1.94. The molecule has 1 aromatic carbocycles. The highest BCUT2D eigenvalue weighted by molar-refractivity contribution is 5.90. The van der Waals surface area contributed by atoms with Crippen LogP contribution in [0.5, 0.6) is 0 Å². The van der Waals surface area contributed by atoms with Gasteiger partial charge in [-0.25, -0.2) is 9.37 Å². The number of nitrogens with one attached hydrogen (secondary N) is 1. The summed E-state index contributed by atoms with van der Waals surface area (Å²) >= 11 is 0. The number of hydrogen-bond acceptors (Lipinski definition) is 5.